The Morgan fingerprint density at radius 3 is 2.45 bits per heavy atom. The Labute approximate surface area is 164 Å². The van der Waals surface area contributed by atoms with Crippen LogP contribution in [0.1, 0.15) is 32.7 Å². The summed E-state index contributed by atoms with van der Waals surface area (Å²) in [6.07, 6.45) is -1.67. The molecule has 0 unspecified atom stereocenters. The van der Waals surface area contributed by atoms with E-state index in [-0.39, 0.29) is 22.3 Å². The van der Waals surface area contributed by atoms with Crippen LogP contribution < -0.4 is 0 Å². The quantitative estimate of drug-likeness (QED) is 0.332. The molecule has 0 aliphatic heterocycles. The van der Waals surface area contributed by atoms with E-state index in [2.05, 4.69) is 0 Å². The lowest BCUT2D eigenvalue weighted by atomic mass is 10.0. The van der Waals surface area contributed by atoms with Crippen molar-refractivity contribution in [2.45, 2.75) is 6.18 Å². The molecule has 0 spiro atoms. The van der Waals surface area contributed by atoms with Crippen LogP contribution in [0.25, 0.3) is 11.6 Å². The van der Waals surface area contributed by atoms with Gasteiger partial charge in [0, 0.05) is 24.5 Å². The predicted octanol–water partition coefficient (Wildman–Crippen LogP) is 5.48. The fourth-order valence-corrected chi connectivity index (χ4v) is 2.84. The van der Waals surface area contributed by atoms with Crippen molar-refractivity contribution in [2.75, 3.05) is 0 Å². The minimum atomic E-state index is -4.53. The van der Waals surface area contributed by atoms with Crippen molar-refractivity contribution < 1.29 is 22.4 Å². The van der Waals surface area contributed by atoms with Crippen LogP contribution in [0.2, 0.25) is 0 Å². The predicted molar refractivity (Wildman–Crippen MR) is 100 cm³/mol. The first-order valence-electron chi connectivity index (χ1n) is 8.45. The fourth-order valence-electron chi connectivity index (χ4n) is 2.84. The second-order valence-electron chi connectivity index (χ2n) is 6.32. The fraction of sp³-hybridized carbons (Fsp3) is 0.0909. The number of allylic oxidation sites excluding steroid dienone is 1. The van der Waals surface area contributed by atoms with Crippen LogP contribution in [-0.4, -0.2) is 10.4 Å². The van der Waals surface area contributed by atoms with E-state index in [4.69, 9.17) is 0 Å². The number of aromatic nitrogens is 1. The van der Waals surface area contributed by atoms with E-state index in [1.807, 2.05) is 6.07 Å². The monoisotopic (exact) mass is 398 g/mol. The smallest absolute Gasteiger partial charge is 0.350 e. The van der Waals surface area contributed by atoms with Gasteiger partial charge in [0.25, 0.3) is 0 Å². The lowest BCUT2D eigenvalue weighted by molar-refractivity contribution is -0.137. The van der Waals surface area contributed by atoms with Gasteiger partial charge in [-0.05, 0) is 42.0 Å². The summed E-state index contributed by atoms with van der Waals surface area (Å²) in [5, 5.41) is 9.43. The number of nitrogens with zero attached hydrogens (tertiary/aromatic N) is 2. The molecule has 3 rings (SSSR count). The number of alkyl halides is 3. The summed E-state index contributed by atoms with van der Waals surface area (Å²) in [7, 11) is 1.62. The zero-order valence-corrected chi connectivity index (χ0v) is 15.2. The van der Waals surface area contributed by atoms with Crippen molar-refractivity contribution in [2.24, 2.45) is 7.05 Å². The van der Waals surface area contributed by atoms with Crippen molar-refractivity contribution in [3.05, 3.63) is 94.6 Å². The van der Waals surface area contributed by atoms with Gasteiger partial charge in [0.05, 0.1) is 22.8 Å². The van der Waals surface area contributed by atoms with Crippen molar-refractivity contribution in [1.29, 1.82) is 5.26 Å². The summed E-state index contributed by atoms with van der Waals surface area (Å²) in [5.74, 6) is -1.18. The third-order valence-corrected chi connectivity index (χ3v) is 4.34. The Hall–Kier alpha value is -3.66. The van der Waals surface area contributed by atoms with Gasteiger partial charge in [0.1, 0.15) is 5.82 Å². The van der Waals surface area contributed by atoms with E-state index in [0.29, 0.717) is 5.69 Å². The van der Waals surface area contributed by atoms with Crippen molar-refractivity contribution in [3.63, 3.8) is 0 Å². The summed E-state index contributed by atoms with van der Waals surface area (Å²) in [6, 6.07) is 13.3. The maximum Gasteiger partial charge on any atom is 0.416 e. The molecular formula is C22H14F4N2O. The van der Waals surface area contributed by atoms with E-state index in [1.54, 1.807) is 17.7 Å². The highest BCUT2D eigenvalue weighted by atomic mass is 19.4. The maximum atomic E-state index is 13.9. The number of rotatable bonds is 4. The molecule has 0 aliphatic rings. The third kappa shape index (κ3) is 4.27. The molecule has 1 aromatic heterocycles. The molecule has 0 bridgehead atoms. The average molecular weight is 398 g/mol. The summed E-state index contributed by atoms with van der Waals surface area (Å²) in [5.41, 5.74) is -0.234. The zero-order chi connectivity index (χ0) is 21.2. The second kappa shape index (κ2) is 7.76. The third-order valence-electron chi connectivity index (χ3n) is 4.34. The van der Waals surface area contributed by atoms with Gasteiger partial charge in [0.2, 0.25) is 0 Å². The maximum absolute atomic E-state index is 13.9. The number of carbonyl (C=O) groups excluding carboxylic acids is 1. The number of ketones is 1. The molecule has 3 nitrogen and oxygen atoms in total. The zero-order valence-electron chi connectivity index (χ0n) is 15.2. The molecule has 0 N–H and O–H groups in total. The average Bonchev–Trinajstić information content (AvgIpc) is 3.06. The number of aryl methyl sites for hydroxylation is 1. The Balaban J connectivity index is 1.99. The Bertz CT molecular complexity index is 1150. The van der Waals surface area contributed by atoms with Gasteiger partial charge in [-0.15, -0.1) is 0 Å². The van der Waals surface area contributed by atoms with Gasteiger partial charge in [0.15, 0.2) is 5.78 Å². The molecule has 29 heavy (non-hydrogen) atoms. The molecule has 0 atom stereocenters. The Morgan fingerprint density at radius 1 is 1.07 bits per heavy atom. The highest BCUT2D eigenvalue weighted by molar-refractivity contribution is 6.09. The van der Waals surface area contributed by atoms with Gasteiger partial charge in [-0.3, -0.25) is 4.79 Å². The van der Waals surface area contributed by atoms with Crippen molar-refractivity contribution in [3.8, 4) is 6.07 Å². The molecule has 0 saturated carbocycles. The first-order chi connectivity index (χ1) is 13.7. The minimum absolute atomic E-state index is 0.00203. The van der Waals surface area contributed by atoms with Gasteiger partial charge in [-0.2, -0.15) is 18.4 Å². The van der Waals surface area contributed by atoms with Crippen LogP contribution in [0, 0.1) is 17.1 Å². The second-order valence-corrected chi connectivity index (χ2v) is 6.32. The van der Waals surface area contributed by atoms with Crippen LogP contribution in [0.5, 0.6) is 0 Å². The van der Waals surface area contributed by atoms with Gasteiger partial charge in [-0.25, -0.2) is 4.39 Å². The SMILES string of the molecule is Cn1cc(C(=O)c2ccccc2F)cc1C=C(C#N)c1cccc(C(F)(F)F)c1. The summed E-state index contributed by atoms with van der Waals surface area (Å²) >= 11 is 0. The molecule has 0 aliphatic carbocycles. The van der Waals surface area contributed by atoms with Crippen molar-refractivity contribution in [1.82, 2.24) is 4.57 Å². The topological polar surface area (TPSA) is 45.8 Å². The Kier molecular flexibility index (Phi) is 5.37. The molecule has 146 valence electrons. The number of hydrogen-bond acceptors (Lipinski definition) is 2. The molecule has 0 amide bonds. The molecule has 0 fully saturated rings. The first kappa shape index (κ1) is 20.1. The number of benzene rings is 2. The van der Waals surface area contributed by atoms with Crippen LogP contribution in [0.15, 0.2) is 60.8 Å². The normalized spacial score (nSPS) is 11.9. The largest absolute Gasteiger partial charge is 0.416 e. The van der Waals surface area contributed by atoms with Gasteiger partial charge in [-0.1, -0.05) is 24.3 Å². The van der Waals surface area contributed by atoms with E-state index in [0.717, 1.165) is 12.1 Å². The van der Waals surface area contributed by atoms with E-state index >= 15 is 0 Å². The Morgan fingerprint density at radius 2 is 1.79 bits per heavy atom. The highest BCUT2D eigenvalue weighted by Crippen LogP contribution is 2.31. The molecular weight excluding hydrogens is 384 g/mol. The van der Waals surface area contributed by atoms with Crippen LogP contribution in [0.4, 0.5) is 17.6 Å². The van der Waals surface area contributed by atoms with Crippen molar-refractivity contribution >= 4 is 17.4 Å². The van der Waals surface area contributed by atoms with Crippen LogP contribution in [-0.2, 0) is 13.2 Å². The number of nitriles is 1. The van der Waals surface area contributed by atoms with Gasteiger partial charge < -0.3 is 4.57 Å². The minimum Gasteiger partial charge on any atom is -0.350 e. The lowest BCUT2D eigenvalue weighted by Gasteiger charge is -2.08. The van der Waals surface area contributed by atoms with E-state index < -0.39 is 23.3 Å². The lowest BCUT2D eigenvalue weighted by Crippen LogP contribution is -2.05. The molecule has 7 heteroatoms. The molecule has 0 saturated heterocycles. The summed E-state index contributed by atoms with van der Waals surface area (Å²) < 4.78 is 54.2. The molecule has 2 aromatic carbocycles. The summed E-state index contributed by atoms with van der Waals surface area (Å²) in [4.78, 5) is 12.5. The van der Waals surface area contributed by atoms with Crippen LogP contribution >= 0.6 is 0 Å². The molecule has 1 heterocycles. The van der Waals surface area contributed by atoms with E-state index in [9.17, 15) is 27.6 Å². The number of halogens is 4. The standard InChI is InChI=1S/C22H14F4N2O/c1-28-13-16(21(29)19-7-2-3-8-20(19)23)11-18(28)10-15(12-27)14-5-4-6-17(9-14)22(24,25)26/h2-11,13H,1H3. The molecule has 0 radical (unpaired) electrons. The van der Waals surface area contributed by atoms with Crippen LogP contribution in [0.3, 0.4) is 0 Å². The number of hydrogen-bond donors (Lipinski definition) is 0. The van der Waals surface area contributed by atoms with Gasteiger partial charge >= 0.3 is 6.18 Å². The molecule has 3 aromatic rings. The first-order valence-corrected chi connectivity index (χ1v) is 8.45. The summed E-state index contributed by atoms with van der Waals surface area (Å²) in [6.45, 7) is 0. The number of carbonyl (C=O) groups is 1. The highest BCUT2D eigenvalue weighted by Gasteiger charge is 2.30. The van der Waals surface area contributed by atoms with E-state index in [1.165, 1.54) is 48.7 Å².